The van der Waals surface area contributed by atoms with Gasteiger partial charge in [0.25, 0.3) is 5.91 Å². The summed E-state index contributed by atoms with van der Waals surface area (Å²) in [5.74, 6) is -2.76. The first-order valence-corrected chi connectivity index (χ1v) is 5.85. The predicted molar refractivity (Wildman–Crippen MR) is 69.9 cm³/mol. The van der Waals surface area contributed by atoms with Gasteiger partial charge >= 0.3 is 5.97 Å². The molecule has 0 saturated carbocycles. The van der Waals surface area contributed by atoms with Crippen LogP contribution in [-0.4, -0.2) is 41.4 Å². The van der Waals surface area contributed by atoms with Gasteiger partial charge in [0, 0.05) is 26.2 Å². The number of aliphatic carboxylic acids is 1. The Bertz CT molecular complexity index is 545. The Morgan fingerprint density at radius 3 is 2.55 bits per heavy atom. The van der Waals surface area contributed by atoms with E-state index in [1.807, 2.05) is 0 Å². The first kappa shape index (κ1) is 15.6. The molecule has 2 amide bonds. The minimum Gasteiger partial charge on any atom is -0.481 e. The first-order valence-electron chi connectivity index (χ1n) is 5.85. The lowest BCUT2D eigenvalue weighted by Crippen LogP contribution is -2.29. The van der Waals surface area contributed by atoms with Crippen molar-refractivity contribution in [2.24, 2.45) is 0 Å². The maximum Gasteiger partial charge on any atom is 0.305 e. The van der Waals surface area contributed by atoms with Gasteiger partial charge in [-0.2, -0.15) is 0 Å². The molecule has 7 heteroatoms. The molecule has 0 aromatic heterocycles. The second-order valence-corrected chi connectivity index (χ2v) is 4.25. The second-order valence-electron chi connectivity index (χ2n) is 4.25. The molecule has 0 fully saturated rings. The molecule has 108 valence electrons. The van der Waals surface area contributed by atoms with Crippen LogP contribution >= 0.6 is 0 Å². The van der Waals surface area contributed by atoms with E-state index in [9.17, 15) is 18.8 Å². The van der Waals surface area contributed by atoms with Crippen molar-refractivity contribution in [1.29, 1.82) is 0 Å². The fraction of sp³-hybridized carbons (Fsp3) is 0.308. The maximum absolute atomic E-state index is 13.6. The van der Waals surface area contributed by atoms with Crippen LogP contribution in [0, 0.1) is 5.82 Å². The van der Waals surface area contributed by atoms with Gasteiger partial charge < -0.3 is 15.3 Å². The fourth-order valence-corrected chi connectivity index (χ4v) is 1.54. The Labute approximate surface area is 115 Å². The van der Waals surface area contributed by atoms with Crippen LogP contribution in [0.3, 0.4) is 0 Å². The molecule has 0 aliphatic heterocycles. The number of rotatable bonds is 5. The van der Waals surface area contributed by atoms with E-state index in [1.54, 1.807) is 0 Å². The van der Waals surface area contributed by atoms with Crippen molar-refractivity contribution in [1.82, 2.24) is 4.90 Å². The van der Waals surface area contributed by atoms with E-state index >= 15 is 0 Å². The average Bonchev–Trinajstić information content (AvgIpc) is 2.36. The molecular weight excluding hydrogens is 267 g/mol. The molecule has 2 N–H and O–H groups in total. The summed E-state index contributed by atoms with van der Waals surface area (Å²) in [7, 11) is 1.38. The van der Waals surface area contributed by atoms with Crippen LogP contribution in [-0.2, 0) is 9.59 Å². The Morgan fingerprint density at radius 2 is 2.00 bits per heavy atom. The summed E-state index contributed by atoms with van der Waals surface area (Å²) in [6.45, 7) is 1.27. The van der Waals surface area contributed by atoms with Gasteiger partial charge in [-0.1, -0.05) is 0 Å². The molecule has 0 atom stereocenters. The van der Waals surface area contributed by atoms with Crippen LogP contribution in [0.15, 0.2) is 18.2 Å². The van der Waals surface area contributed by atoms with E-state index in [0.717, 1.165) is 11.0 Å². The zero-order valence-electron chi connectivity index (χ0n) is 11.1. The van der Waals surface area contributed by atoms with Crippen molar-refractivity contribution in [3.8, 4) is 0 Å². The number of carboxylic acids is 1. The molecule has 0 heterocycles. The molecule has 0 unspecified atom stereocenters. The van der Waals surface area contributed by atoms with E-state index in [-0.39, 0.29) is 24.4 Å². The first-order chi connectivity index (χ1) is 9.31. The number of halogens is 1. The molecule has 6 nitrogen and oxygen atoms in total. The summed E-state index contributed by atoms with van der Waals surface area (Å²) in [6.07, 6.45) is -0.227. The van der Waals surface area contributed by atoms with Crippen molar-refractivity contribution in [3.63, 3.8) is 0 Å². The number of carboxylic acid groups (broad SMARTS) is 1. The third-order valence-corrected chi connectivity index (χ3v) is 2.52. The SMILES string of the molecule is CC(=O)Nc1ccc(F)c(C(=O)N(C)CCC(=O)O)c1. The van der Waals surface area contributed by atoms with Gasteiger partial charge in [0.15, 0.2) is 0 Å². The highest BCUT2D eigenvalue weighted by Gasteiger charge is 2.17. The maximum atomic E-state index is 13.6. The van der Waals surface area contributed by atoms with E-state index in [2.05, 4.69) is 5.32 Å². The topological polar surface area (TPSA) is 86.7 Å². The largest absolute Gasteiger partial charge is 0.481 e. The summed E-state index contributed by atoms with van der Waals surface area (Å²) >= 11 is 0. The second kappa shape index (κ2) is 6.65. The van der Waals surface area contributed by atoms with Crippen molar-refractivity contribution in [2.75, 3.05) is 18.9 Å². The van der Waals surface area contributed by atoms with Gasteiger partial charge in [-0.3, -0.25) is 14.4 Å². The van der Waals surface area contributed by atoms with Crippen molar-refractivity contribution < 1.29 is 23.9 Å². The lowest BCUT2D eigenvalue weighted by molar-refractivity contribution is -0.137. The van der Waals surface area contributed by atoms with Crippen molar-refractivity contribution >= 4 is 23.5 Å². The lowest BCUT2D eigenvalue weighted by Gasteiger charge is -2.17. The molecule has 0 aliphatic rings. The van der Waals surface area contributed by atoms with E-state index < -0.39 is 17.7 Å². The zero-order chi connectivity index (χ0) is 15.3. The average molecular weight is 282 g/mol. The normalized spacial score (nSPS) is 9.95. The van der Waals surface area contributed by atoms with Crippen LogP contribution in [0.5, 0.6) is 0 Å². The third kappa shape index (κ3) is 4.34. The van der Waals surface area contributed by atoms with Gasteiger partial charge in [-0.15, -0.1) is 0 Å². The molecule has 0 saturated heterocycles. The number of benzene rings is 1. The van der Waals surface area contributed by atoms with Crippen LogP contribution in [0.1, 0.15) is 23.7 Å². The Morgan fingerprint density at radius 1 is 1.35 bits per heavy atom. The van der Waals surface area contributed by atoms with E-state index in [1.165, 1.54) is 26.1 Å². The summed E-state index contributed by atoms with van der Waals surface area (Å²) in [5.41, 5.74) is 0.0815. The van der Waals surface area contributed by atoms with Crippen molar-refractivity contribution in [3.05, 3.63) is 29.6 Å². The van der Waals surface area contributed by atoms with Gasteiger partial charge in [-0.05, 0) is 18.2 Å². The van der Waals surface area contributed by atoms with E-state index in [4.69, 9.17) is 5.11 Å². The zero-order valence-corrected chi connectivity index (χ0v) is 11.1. The van der Waals surface area contributed by atoms with Gasteiger partial charge in [0.1, 0.15) is 5.82 Å². The number of nitrogens with zero attached hydrogens (tertiary/aromatic N) is 1. The summed E-state index contributed by atoms with van der Waals surface area (Å²) in [4.78, 5) is 34.5. The Balaban J connectivity index is 2.90. The summed E-state index contributed by atoms with van der Waals surface area (Å²) in [6, 6.07) is 3.63. The third-order valence-electron chi connectivity index (χ3n) is 2.52. The molecule has 0 spiro atoms. The number of nitrogens with one attached hydrogen (secondary N) is 1. The highest BCUT2D eigenvalue weighted by molar-refractivity contribution is 5.97. The number of anilines is 1. The van der Waals surface area contributed by atoms with Gasteiger partial charge in [0.2, 0.25) is 5.91 Å². The molecular formula is C13H15FN2O4. The van der Waals surface area contributed by atoms with Gasteiger partial charge in [-0.25, -0.2) is 4.39 Å². The highest BCUT2D eigenvalue weighted by atomic mass is 19.1. The molecule has 1 aromatic carbocycles. The molecule has 0 radical (unpaired) electrons. The minimum atomic E-state index is -1.04. The highest BCUT2D eigenvalue weighted by Crippen LogP contribution is 2.16. The number of carbonyl (C=O) groups excluding carboxylic acids is 2. The lowest BCUT2D eigenvalue weighted by atomic mass is 10.1. The minimum absolute atomic E-state index is 0.0298. The number of hydrogen-bond acceptors (Lipinski definition) is 3. The summed E-state index contributed by atoms with van der Waals surface area (Å²) < 4.78 is 13.6. The molecule has 0 bridgehead atoms. The van der Waals surface area contributed by atoms with Crippen LogP contribution in [0.4, 0.5) is 10.1 Å². The predicted octanol–water partition coefficient (Wildman–Crippen LogP) is 1.33. The number of amides is 2. The quantitative estimate of drug-likeness (QED) is 0.853. The number of hydrogen-bond donors (Lipinski definition) is 2. The fourth-order valence-electron chi connectivity index (χ4n) is 1.54. The molecule has 1 aromatic rings. The standard InChI is InChI=1S/C13H15FN2O4/c1-8(17)15-9-3-4-11(14)10(7-9)13(20)16(2)6-5-12(18)19/h3-4,7H,5-6H2,1-2H3,(H,15,17)(H,18,19). The van der Waals surface area contributed by atoms with Crippen molar-refractivity contribution in [2.45, 2.75) is 13.3 Å². The summed E-state index contributed by atoms with van der Waals surface area (Å²) in [5, 5.41) is 11.0. The molecule has 0 aliphatic carbocycles. The number of carbonyl (C=O) groups is 3. The van der Waals surface area contributed by atoms with Crippen LogP contribution in [0.25, 0.3) is 0 Å². The Hall–Kier alpha value is -2.44. The molecule has 20 heavy (non-hydrogen) atoms. The monoisotopic (exact) mass is 282 g/mol. The smallest absolute Gasteiger partial charge is 0.305 e. The van der Waals surface area contributed by atoms with E-state index in [0.29, 0.717) is 5.69 Å². The molecule has 1 rings (SSSR count). The Kier molecular flexibility index (Phi) is 5.19. The van der Waals surface area contributed by atoms with Gasteiger partial charge in [0.05, 0.1) is 12.0 Å². The van der Waals surface area contributed by atoms with Crippen LogP contribution in [0.2, 0.25) is 0 Å². The van der Waals surface area contributed by atoms with Crippen LogP contribution < -0.4 is 5.32 Å².